The van der Waals surface area contributed by atoms with Gasteiger partial charge in [0, 0.05) is 24.7 Å². The molecule has 0 fully saturated rings. The first-order valence-corrected chi connectivity index (χ1v) is 4.87. The third-order valence-corrected chi connectivity index (χ3v) is 2.27. The monoisotopic (exact) mass is 200 g/mol. The summed E-state index contributed by atoms with van der Waals surface area (Å²) in [5.74, 6) is -0.188. The third-order valence-electron chi connectivity index (χ3n) is 1.49. The second-order valence-corrected chi connectivity index (χ2v) is 3.41. The van der Waals surface area contributed by atoms with Crippen molar-refractivity contribution in [1.29, 1.82) is 0 Å². The lowest BCUT2D eigenvalue weighted by Gasteiger charge is -2.00. The summed E-state index contributed by atoms with van der Waals surface area (Å²) in [5.41, 5.74) is 0. The molecule has 0 amide bonds. The number of hydrogen-bond acceptors (Lipinski definition) is 5. The highest BCUT2D eigenvalue weighted by Gasteiger charge is 1.99. The summed E-state index contributed by atoms with van der Waals surface area (Å²) < 4.78 is 4.50. The Kier molecular flexibility index (Phi) is 4.42. The molecule has 1 aromatic heterocycles. The van der Waals surface area contributed by atoms with Gasteiger partial charge in [-0.15, -0.1) is 11.3 Å². The molecule has 0 aliphatic heterocycles. The van der Waals surface area contributed by atoms with E-state index in [1.54, 1.807) is 17.5 Å². The Morgan fingerprint density at radius 2 is 2.62 bits per heavy atom. The molecule has 0 unspecified atom stereocenters. The Bertz CT molecular complexity index is 249. The average Bonchev–Trinajstić information content (AvgIpc) is 2.64. The number of methoxy groups -OCH3 is 1. The molecule has 0 aromatic carbocycles. The molecule has 0 radical (unpaired) electrons. The first kappa shape index (κ1) is 10.1. The third kappa shape index (κ3) is 4.00. The minimum Gasteiger partial charge on any atom is -0.469 e. The van der Waals surface area contributed by atoms with Crippen LogP contribution in [0.1, 0.15) is 11.4 Å². The van der Waals surface area contributed by atoms with Crippen LogP contribution in [0.2, 0.25) is 0 Å². The quantitative estimate of drug-likeness (QED) is 0.564. The second kappa shape index (κ2) is 5.66. The number of thiazole rings is 1. The number of carbonyl (C=O) groups is 1. The highest BCUT2D eigenvalue weighted by Crippen LogP contribution is 2.02. The Hall–Kier alpha value is -0.940. The topological polar surface area (TPSA) is 51.2 Å². The maximum Gasteiger partial charge on any atom is 0.306 e. The maximum atomic E-state index is 10.7. The van der Waals surface area contributed by atoms with E-state index in [1.165, 1.54) is 7.11 Å². The molecule has 0 aliphatic rings. The predicted octanol–water partition coefficient (Wildman–Crippen LogP) is 0.796. The average molecular weight is 200 g/mol. The summed E-state index contributed by atoms with van der Waals surface area (Å²) in [6, 6.07) is 0. The lowest BCUT2D eigenvalue weighted by Crippen LogP contribution is -2.18. The summed E-state index contributed by atoms with van der Waals surface area (Å²) in [4.78, 5) is 14.8. The molecule has 1 N–H and O–H groups in total. The fraction of sp³-hybridized carbons (Fsp3) is 0.500. The fourth-order valence-electron chi connectivity index (χ4n) is 0.828. The van der Waals surface area contributed by atoms with Crippen molar-refractivity contribution < 1.29 is 9.53 Å². The highest BCUT2D eigenvalue weighted by atomic mass is 32.1. The molecule has 4 nitrogen and oxygen atoms in total. The van der Waals surface area contributed by atoms with Crippen molar-refractivity contribution in [2.24, 2.45) is 0 Å². The molecule has 0 spiro atoms. The number of rotatable bonds is 5. The Morgan fingerprint density at radius 3 is 3.23 bits per heavy atom. The van der Waals surface area contributed by atoms with Gasteiger partial charge in [0.15, 0.2) is 0 Å². The van der Waals surface area contributed by atoms with Gasteiger partial charge in [0.1, 0.15) is 5.01 Å². The first-order chi connectivity index (χ1) is 6.33. The number of hydrogen-bond donors (Lipinski definition) is 1. The SMILES string of the molecule is COC(=O)CCNCc1nccs1. The van der Waals surface area contributed by atoms with Crippen LogP contribution in [-0.4, -0.2) is 24.6 Å². The van der Waals surface area contributed by atoms with E-state index in [0.29, 0.717) is 19.5 Å². The van der Waals surface area contributed by atoms with Gasteiger partial charge in [-0.05, 0) is 0 Å². The lowest BCUT2D eigenvalue weighted by atomic mass is 10.4. The van der Waals surface area contributed by atoms with Crippen molar-refractivity contribution in [3.05, 3.63) is 16.6 Å². The molecule has 13 heavy (non-hydrogen) atoms. The molecule has 1 rings (SSSR count). The molecule has 0 saturated carbocycles. The minimum absolute atomic E-state index is 0.188. The summed E-state index contributed by atoms with van der Waals surface area (Å²) in [6.45, 7) is 1.35. The van der Waals surface area contributed by atoms with Crippen LogP contribution >= 0.6 is 11.3 Å². The van der Waals surface area contributed by atoms with Gasteiger partial charge >= 0.3 is 5.97 Å². The molecule has 5 heteroatoms. The lowest BCUT2D eigenvalue weighted by molar-refractivity contribution is -0.140. The van der Waals surface area contributed by atoms with E-state index in [4.69, 9.17) is 0 Å². The van der Waals surface area contributed by atoms with Crippen molar-refractivity contribution in [3.8, 4) is 0 Å². The number of carbonyl (C=O) groups excluding carboxylic acids is 1. The van der Waals surface area contributed by atoms with Crippen molar-refractivity contribution in [2.45, 2.75) is 13.0 Å². The first-order valence-electron chi connectivity index (χ1n) is 3.99. The van der Waals surface area contributed by atoms with E-state index >= 15 is 0 Å². The highest BCUT2D eigenvalue weighted by molar-refractivity contribution is 7.09. The van der Waals surface area contributed by atoms with Gasteiger partial charge in [-0.3, -0.25) is 4.79 Å². The molecule has 0 aliphatic carbocycles. The van der Waals surface area contributed by atoms with Gasteiger partial charge in [-0.1, -0.05) is 0 Å². The van der Waals surface area contributed by atoms with Gasteiger partial charge in [0.25, 0.3) is 0 Å². The van der Waals surface area contributed by atoms with Crippen molar-refractivity contribution in [3.63, 3.8) is 0 Å². The van der Waals surface area contributed by atoms with E-state index < -0.39 is 0 Å². The van der Waals surface area contributed by atoms with Gasteiger partial charge in [0.2, 0.25) is 0 Å². The van der Waals surface area contributed by atoms with Crippen LogP contribution in [0.25, 0.3) is 0 Å². The standard InChI is InChI=1S/C8H12N2O2S/c1-12-8(11)2-3-9-6-7-10-4-5-13-7/h4-5,9H,2-3,6H2,1H3. The van der Waals surface area contributed by atoms with E-state index in [9.17, 15) is 4.79 Å². The van der Waals surface area contributed by atoms with E-state index in [2.05, 4.69) is 15.0 Å². The van der Waals surface area contributed by atoms with Crippen molar-refractivity contribution in [2.75, 3.05) is 13.7 Å². The Labute approximate surface area is 80.9 Å². The van der Waals surface area contributed by atoms with Gasteiger partial charge in [-0.25, -0.2) is 4.98 Å². The number of esters is 1. The van der Waals surface area contributed by atoms with Crippen LogP contribution in [0.5, 0.6) is 0 Å². The number of aromatic nitrogens is 1. The van der Waals surface area contributed by atoms with Crippen LogP contribution < -0.4 is 5.32 Å². The van der Waals surface area contributed by atoms with Gasteiger partial charge in [-0.2, -0.15) is 0 Å². The van der Waals surface area contributed by atoms with Crippen LogP contribution in [0.4, 0.5) is 0 Å². The van der Waals surface area contributed by atoms with E-state index in [-0.39, 0.29) is 5.97 Å². The normalized spacial score (nSPS) is 9.92. The number of ether oxygens (including phenoxy) is 1. The van der Waals surface area contributed by atoms with Gasteiger partial charge < -0.3 is 10.1 Å². The molecular formula is C8H12N2O2S. The number of nitrogens with zero attached hydrogens (tertiary/aromatic N) is 1. The maximum absolute atomic E-state index is 10.7. The van der Waals surface area contributed by atoms with Crippen molar-refractivity contribution >= 4 is 17.3 Å². The fourth-order valence-corrected chi connectivity index (χ4v) is 1.41. The molecule has 0 atom stereocenters. The summed E-state index contributed by atoms with van der Waals surface area (Å²) >= 11 is 1.60. The summed E-state index contributed by atoms with van der Waals surface area (Å²) in [7, 11) is 1.39. The summed E-state index contributed by atoms with van der Waals surface area (Å²) in [5, 5.41) is 6.06. The Balaban J connectivity index is 2.05. The van der Waals surface area contributed by atoms with Crippen molar-refractivity contribution in [1.82, 2.24) is 10.3 Å². The molecule has 1 heterocycles. The van der Waals surface area contributed by atoms with Crippen LogP contribution in [0.3, 0.4) is 0 Å². The van der Waals surface area contributed by atoms with Crippen LogP contribution in [0, 0.1) is 0 Å². The zero-order valence-corrected chi connectivity index (χ0v) is 8.26. The molecular weight excluding hydrogens is 188 g/mol. The largest absolute Gasteiger partial charge is 0.469 e. The Morgan fingerprint density at radius 1 is 1.77 bits per heavy atom. The predicted molar refractivity (Wildman–Crippen MR) is 50.5 cm³/mol. The smallest absolute Gasteiger partial charge is 0.306 e. The zero-order chi connectivity index (χ0) is 9.52. The zero-order valence-electron chi connectivity index (χ0n) is 7.45. The second-order valence-electron chi connectivity index (χ2n) is 2.43. The molecule has 72 valence electrons. The minimum atomic E-state index is -0.188. The van der Waals surface area contributed by atoms with Gasteiger partial charge in [0.05, 0.1) is 13.5 Å². The van der Waals surface area contributed by atoms with Crippen LogP contribution in [-0.2, 0) is 16.1 Å². The van der Waals surface area contributed by atoms with E-state index in [0.717, 1.165) is 5.01 Å². The number of nitrogens with one attached hydrogen (secondary N) is 1. The van der Waals surface area contributed by atoms with E-state index in [1.807, 2.05) is 5.38 Å². The molecule has 0 bridgehead atoms. The van der Waals surface area contributed by atoms with Crippen LogP contribution in [0.15, 0.2) is 11.6 Å². The summed E-state index contributed by atoms with van der Waals surface area (Å²) in [6.07, 6.45) is 2.17. The molecule has 1 aromatic rings. The molecule has 0 saturated heterocycles.